The van der Waals surface area contributed by atoms with Crippen LogP contribution in [0, 0.1) is 11.8 Å². The van der Waals surface area contributed by atoms with Gasteiger partial charge < -0.3 is 10.2 Å². The summed E-state index contributed by atoms with van der Waals surface area (Å²) in [5.74, 6) is 1.53. The van der Waals surface area contributed by atoms with Crippen LogP contribution in [0.5, 0.6) is 0 Å². The van der Waals surface area contributed by atoms with Gasteiger partial charge in [0.25, 0.3) is 0 Å². The standard InChI is InChI=1S/C14H25N3S/c1-5-15-7-13-8-16-14(18-13)17-9-10(2)6-11(3)12(17)4/h8,10-12,15H,5-7,9H2,1-4H3. The van der Waals surface area contributed by atoms with Gasteiger partial charge in [-0.05, 0) is 31.7 Å². The Bertz CT molecular complexity index is 377. The zero-order chi connectivity index (χ0) is 13.1. The molecule has 1 fully saturated rings. The molecule has 2 heterocycles. The number of nitrogens with zero attached hydrogens (tertiary/aromatic N) is 2. The molecule has 1 aromatic rings. The lowest BCUT2D eigenvalue weighted by Gasteiger charge is -2.41. The van der Waals surface area contributed by atoms with E-state index in [-0.39, 0.29) is 0 Å². The molecule has 0 amide bonds. The van der Waals surface area contributed by atoms with Gasteiger partial charge in [-0.1, -0.05) is 20.8 Å². The maximum Gasteiger partial charge on any atom is 0.185 e. The number of thiazole rings is 1. The highest BCUT2D eigenvalue weighted by molar-refractivity contribution is 7.15. The molecule has 102 valence electrons. The van der Waals surface area contributed by atoms with Gasteiger partial charge in [-0.25, -0.2) is 4.98 Å². The number of aromatic nitrogens is 1. The Kier molecular flexibility index (Phi) is 4.62. The first kappa shape index (κ1) is 13.8. The maximum atomic E-state index is 4.62. The van der Waals surface area contributed by atoms with Crippen LogP contribution in [0.3, 0.4) is 0 Å². The second-order valence-corrected chi connectivity index (χ2v) is 6.69. The Morgan fingerprint density at radius 3 is 2.94 bits per heavy atom. The lowest BCUT2D eigenvalue weighted by atomic mass is 9.86. The van der Waals surface area contributed by atoms with Crippen LogP contribution in [0.2, 0.25) is 0 Å². The molecule has 1 saturated heterocycles. The van der Waals surface area contributed by atoms with E-state index in [1.807, 2.05) is 17.5 Å². The first-order valence-electron chi connectivity index (χ1n) is 7.03. The highest BCUT2D eigenvalue weighted by Gasteiger charge is 2.30. The van der Waals surface area contributed by atoms with Crippen molar-refractivity contribution in [1.29, 1.82) is 0 Å². The third kappa shape index (κ3) is 3.04. The second kappa shape index (κ2) is 6.02. The molecular formula is C14H25N3S. The smallest absolute Gasteiger partial charge is 0.185 e. The van der Waals surface area contributed by atoms with Crippen LogP contribution in [-0.4, -0.2) is 24.1 Å². The minimum Gasteiger partial charge on any atom is -0.345 e. The molecule has 0 aliphatic carbocycles. The molecule has 0 bridgehead atoms. The van der Waals surface area contributed by atoms with Gasteiger partial charge in [0.1, 0.15) is 0 Å². The van der Waals surface area contributed by atoms with Crippen molar-refractivity contribution in [2.75, 3.05) is 18.0 Å². The van der Waals surface area contributed by atoms with E-state index in [1.54, 1.807) is 0 Å². The molecule has 3 unspecified atom stereocenters. The molecule has 1 aliphatic rings. The predicted molar refractivity (Wildman–Crippen MR) is 79.2 cm³/mol. The van der Waals surface area contributed by atoms with Crippen molar-refractivity contribution in [3.8, 4) is 0 Å². The van der Waals surface area contributed by atoms with Gasteiger partial charge in [0.15, 0.2) is 5.13 Å². The van der Waals surface area contributed by atoms with Crippen LogP contribution in [0.15, 0.2) is 6.20 Å². The van der Waals surface area contributed by atoms with E-state index in [4.69, 9.17) is 0 Å². The zero-order valence-corrected chi connectivity index (χ0v) is 12.8. The molecule has 0 spiro atoms. The minimum atomic E-state index is 0.610. The molecule has 3 nitrogen and oxygen atoms in total. The van der Waals surface area contributed by atoms with Gasteiger partial charge in [0, 0.05) is 30.2 Å². The van der Waals surface area contributed by atoms with Gasteiger partial charge in [0.2, 0.25) is 0 Å². The van der Waals surface area contributed by atoms with Crippen LogP contribution < -0.4 is 10.2 Å². The fourth-order valence-electron chi connectivity index (χ4n) is 2.73. The normalized spacial score (nSPS) is 28.7. The lowest BCUT2D eigenvalue weighted by Crippen LogP contribution is -2.45. The van der Waals surface area contributed by atoms with Crippen LogP contribution in [0.25, 0.3) is 0 Å². The quantitative estimate of drug-likeness (QED) is 0.908. The average molecular weight is 267 g/mol. The summed E-state index contributed by atoms with van der Waals surface area (Å²) >= 11 is 1.84. The van der Waals surface area contributed by atoms with E-state index in [2.05, 4.69) is 42.9 Å². The van der Waals surface area contributed by atoms with Gasteiger partial charge in [-0.3, -0.25) is 0 Å². The molecule has 2 rings (SSSR count). The summed E-state index contributed by atoms with van der Waals surface area (Å²) in [6, 6.07) is 0.610. The van der Waals surface area contributed by atoms with E-state index < -0.39 is 0 Å². The highest BCUT2D eigenvalue weighted by Crippen LogP contribution is 2.33. The summed E-state index contributed by atoms with van der Waals surface area (Å²) in [5.41, 5.74) is 0. The monoisotopic (exact) mass is 267 g/mol. The van der Waals surface area contributed by atoms with E-state index in [9.17, 15) is 0 Å². The Morgan fingerprint density at radius 1 is 1.44 bits per heavy atom. The van der Waals surface area contributed by atoms with Crippen LogP contribution in [-0.2, 0) is 6.54 Å². The van der Waals surface area contributed by atoms with Crippen molar-refractivity contribution in [2.24, 2.45) is 11.8 Å². The fraction of sp³-hybridized carbons (Fsp3) is 0.786. The van der Waals surface area contributed by atoms with Crippen LogP contribution in [0.1, 0.15) is 39.0 Å². The van der Waals surface area contributed by atoms with Gasteiger partial charge >= 0.3 is 0 Å². The largest absolute Gasteiger partial charge is 0.345 e. The average Bonchev–Trinajstić information content (AvgIpc) is 2.79. The topological polar surface area (TPSA) is 28.2 Å². The first-order valence-corrected chi connectivity index (χ1v) is 7.85. The maximum absolute atomic E-state index is 4.62. The first-order chi connectivity index (χ1) is 8.61. The molecule has 0 saturated carbocycles. The Hall–Kier alpha value is -0.610. The van der Waals surface area contributed by atoms with Crippen molar-refractivity contribution in [2.45, 2.75) is 46.7 Å². The molecule has 1 N–H and O–H groups in total. The van der Waals surface area contributed by atoms with Gasteiger partial charge in [0.05, 0.1) is 0 Å². The van der Waals surface area contributed by atoms with Crippen molar-refractivity contribution in [1.82, 2.24) is 10.3 Å². The predicted octanol–water partition coefficient (Wildman–Crippen LogP) is 3.12. The summed E-state index contributed by atoms with van der Waals surface area (Å²) < 4.78 is 0. The summed E-state index contributed by atoms with van der Waals surface area (Å²) in [7, 11) is 0. The summed E-state index contributed by atoms with van der Waals surface area (Å²) in [5, 5.41) is 4.56. The summed E-state index contributed by atoms with van der Waals surface area (Å²) in [4.78, 5) is 8.45. The molecule has 0 radical (unpaired) electrons. The van der Waals surface area contributed by atoms with Crippen molar-refractivity contribution >= 4 is 16.5 Å². The molecule has 0 aromatic carbocycles. The summed E-state index contributed by atoms with van der Waals surface area (Å²) in [6.07, 6.45) is 3.37. The van der Waals surface area contributed by atoms with Crippen molar-refractivity contribution in [3.05, 3.63) is 11.1 Å². The Labute approximate surface area is 115 Å². The van der Waals surface area contributed by atoms with Crippen molar-refractivity contribution < 1.29 is 0 Å². The van der Waals surface area contributed by atoms with E-state index >= 15 is 0 Å². The number of anilines is 1. The number of nitrogens with one attached hydrogen (secondary N) is 1. The number of hydrogen-bond acceptors (Lipinski definition) is 4. The minimum absolute atomic E-state index is 0.610. The lowest BCUT2D eigenvalue weighted by molar-refractivity contribution is 0.297. The van der Waals surface area contributed by atoms with Gasteiger partial charge in [-0.2, -0.15) is 0 Å². The van der Waals surface area contributed by atoms with Gasteiger partial charge in [-0.15, -0.1) is 11.3 Å². The molecule has 1 aliphatic heterocycles. The zero-order valence-electron chi connectivity index (χ0n) is 11.9. The Balaban J connectivity index is 2.07. The van der Waals surface area contributed by atoms with Crippen molar-refractivity contribution in [3.63, 3.8) is 0 Å². The molecule has 18 heavy (non-hydrogen) atoms. The number of rotatable bonds is 4. The number of piperidine rings is 1. The van der Waals surface area contributed by atoms with E-state index in [0.717, 1.165) is 31.5 Å². The fourth-order valence-corrected chi connectivity index (χ4v) is 3.71. The molecule has 3 atom stereocenters. The molecule has 1 aromatic heterocycles. The SMILES string of the molecule is CCNCc1cnc(N2CC(C)CC(C)C2C)s1. The number of hydrogen-bond donors (Lipinski definition) is 1. The third-order valence-electron chi connectivity index (χ3n) is 3.93. The molecule has 4 heteroatoms. The summed E-state index contributed by atoms with van der Waals surface area (Å²) in [6.45, 7) is 12.3. The van der Waals surface area contributed by atoms with Crippen LogP contribution in [0.4, 0.5) is 5.13 Å². The Morgan fingerprint density at radius 2 is 2.22 bits per heavy atom. The van der Waals surface area contributed by atoms with Crippen LogP contribution >= 0.6 is 11.3 Å². The highest BCUT2D eigenvalue weighted by atomic mass is 32.1. The molecular weight excluding hydrogens is 242 g/mol. The van der Waals surface area contributed by atoms with E-state index in [0.29, 0.717) is 6.04 Å². The third-order valence-corrected chi connectivity index (χ3v) is 4.97. The van der Waals surface area contributed by atoms with E-state index in [1.165, 1.54) is 16.4 Å². The second-order valence-electron chi connectivity index (χ2n) is 5.60.